The number of esters is 1. The van der Waals surface area contributed by atoms with Gasteiger partial charge in [0.1, 0.15) is 0 Å². The maximum Gasteiger partial charge on any atom is 0.339 e. The molecule has 0 atom stereocenters. The molecule has 0 saturated heterocycles. The summed E-state index contributed by atoms with van der Waals surface area (Å²) in [5.74, 6) is 1.64. The third-order valence-corrected chi connectivity index (χ3v) is 5.06. The first-order chi connectivity index (χ1) is 8.56. The van der Waals surface area contributed by atoms with Crippen LogP contribution in [-0.2, 0) is 4.74 Å². The van der Waals surface area contributed by atoms with Crippen LogP contribution in [0.1, 0.15) is 23.2 Å². The highest BCUT2D eigenvalue weighted by Crippen LogP contribution is 2.58. The molecule has 2 nitrogen and oxygen atoms in total. The van der Waals surface area contributed by atoms with Crippen molar-refractivity contribution in [2.75, 3.05) is 6.61 Å². The van der Waals surface area contributed by atoms with Gasteiger partial charge in [-0.25, -0.2) is 4.79 Å². The van der Waals surface area contributed by atoms with Crippen LogP contribution < -0.4 is 0 Å². The fourth-order valence-electron chi connectivity index (χ4n) is 2.63. The van der Waals surface area contributed by atoms with E-state index in [1.54, 1.807) is 0 Å². The molecule has 0 heterocycles. The van der Waals surface area contributed by atoms with E-state index >= 15 is 0 Å². The average Bonchev–Trinajstić information content (AvgIpc) is 2.19. The van der Waals surface area contributed by atoms with Gasteiger partial charge < -0.3 is 4.74 Å². The summed E-state index contributed by atoms with van der Waals surface area (Å²) in [6.07, 6.45) is 2.60. The van der Waals surface area contributed by atoms with E-state index in [1.165, 1.54) is 25.0 Å². The normalized spacial score (nSPS) is 28.3. The molecule has 3 fully saturated rings. The molecule has 0 N–H and O–H groups in total. The smallest absolute Gasteiger partial charge is 0.339 e. The molecule has 0 amide bonds. The average molecular weight is 306 g/mol. The Morgan fingerprint density at radius 3 is 2.44 bits per heavy atom. The summed E-state index contributed by atoms with van der Waals surface area (Å²) < 4.78 is 5.28. The van der Waals surface area contributed by atoms with Crippen LogP contribution in [0.3, 0.4) is 0 Å². The topological polar surface area (TPSA) is 26.3 Å². The molecular formula is C13H11Cl3O2. The predicted octanol–water partition coefficient (Wildman–Crippen LogP) is 4.46. The second kappa shape index (κ2) is 4.59. The van der Waals surface area contributed by atoms with E-state index in [-0.39, 0.29) is 15.6 Å². The van der Waals surface area contributed by atoms with E-state index in [0.29, 0.717) is 17.5 Å². The van der Waals surface area contributed by atoms with Crippen molar-refractivity contribution in [2.45, 2.75) is 12.8 Å². The second-order valence-electron chi connectivity index (χ2n) is 5.00. The zero-order valence-corrected chi connectivity index (χ0v) is 11.7. The van der Waals surface area contributed by atoms with Crippen LogP contribution in [-0.4, -0.2) is 12.6 Å². The fourth-order valence-corrected chi connectivity index (χ4v) is 3.31. The summed E-state index contributed by atoms with van der Waals surface area (Å²) in [5.41, 5.74) is 0.238. The van der Waals surface area contributed by atoms with Gasteiger partial charge in [-0.15, -0.1) is 0 Å². The third-order valence-electron chi connectivity index (χ3n) is 4.04. The Labute approximate surface area is 120 Å². The molecule has 5 heteroatoms. The molecule has 0 aliphatic heterocycles. The lowest BCUT2D eigenvalue weighted by Gasteiger charge is -2.57. The molecule has 0 spiro atoms. The molecule has 3 aliphatic rings. The zero-order valence-electron chi connectivity index (χ0n) is 9.46. The summed E-state index contributed by atoms with van der Waals surface area (Å²) in [6.45, 7) is 0.481. The van der Waals surface area contributed by atoms with Crippen molar-refractivity contribution in [3.63, 3.8) is 0 Å². The molecule has 3 aliphatic carbocycles. The van der Waals surface area contributed by atoms with Gasteiger partial charge >= 0.3 is 5.97 Å². The Morgan fingerprint density at radius 2 is 1.89 bits per heavy atom. The number of carbonyl (C=O) groups excluding carboxylic acids is 1. The van der Waals surface area contributed by atoms with Crippen LogP contribution in [0.5, 0.6) is 0 Å². The number of carbonyl (C=O) groups is 1. The van der Waals surface area contributed by atoms with Crippen LogP contribution in [0.2, 0.25) is 15.1 Å². The van der Waals surface area contributed by atoms with Gasteiger partial charge in [0.25, 0.3) is 0 Å². The van der Waals surface area contributed by atoms with Crippen LogP contribution >= 0.6 is 34.8 Å². The molecule has 2 bridgehead atoms. The summed E-state index contributed by atoms with van der Waals surface area (Å²) in [7, 11) is 0. The van der Waals surface area contributed by atoms with Crippen LogP contribution in [0, 0.1) is 17.8 Å². The van der Waals surface area contributed by atoms with E-state index < -0.39 is 5.97 Å². The van der Waals surface area contributed by atoms with Crippen LogP contribution in [0.15, 0.2) is 12.1 Å². The molecule has 3 saturated carbocycles. The molecule has 1 aromatic rings. The van der Waals surface area contributed by atoms with Gasteiger partial charge in [0.2, 0.25) is 0 Å². The van der Waals surface area contributed by atoms with Crippen molar-refractivity contribution in [3.8, 4) is 0 Å². The molecule has 18 heavy (non-hydrogen) atoms. The number of hydrogen-bond acceptors (Lipinski definition) is 2. The van der Waals surface area contributed by atoms with Crippen molar-refractivity contribution >= 4 is 40.8 Å². The SMILES string of the molecule is O=C(OCC1C2CC1C2)c1cc(Cl)cc(Cl)c1Cl. The van der Waals surface area contributed by atoms with Gasteiger partial charge in [-0.2, -0.15) is 0 Å². The Bertz CT molecular complexity index is 501. The highest BCUT2D eigenvalue weighted by Gasteiger charge is 2.52. The molecular weight excluding hydrogens is 294 g/mol. The lowest BCUT2D eigenvalue weighted by molar-refractivity contribution is -0.110. The zero-order chi connectivity index (χ0) is 12.9. The summed E-state index contributed by atoms with van der Waals surface area (Å²) in [4.78, 5) is 11.9. The summed E-state index contributed by atoms with van der Waals surface area (Å²) in [5, 5.41) is 0.843. The van der Waals surface area contributed by atoms with Crippen molar-refractivity contribution < 1.29 is 9.53 Å². The van der Waals surface area contributed by atoms with Gasteiger partial charge in [-0.3, -0.25) is 0 Å². The van der Waals surface area contributed by atoms with Crippen molar-refractivity contribution in [2.24, 2.45) is 17.8 Å². The monoisotopic (exact) mass is 304 g/mol. The highest BCUT2D eigenvalue weighted by atomic mass is 35.5. The Hall–Kier alpha value is -0.440. The third kappa shape index (κ3) is 2.01. The molecule has 96 valence electrons. The predicted molar refractivity (Wildman–Crippen MR) is 71.5 cm³/mol. The maximum atomic E-state index is 11.9. The largest absolute Gasteiger partial charge is 0.462 e. The lowest BCUT2D eigenvalue weighted by Crippen LogP contribution is -2.52. The van der Waals surface area contributed by atoms with Crippen LogP contribution in [0.25, 0.3) is 0 Å². The van der Waals surface area contributed by atoms with Gasteiger partial charge in [-0.1, -0.05) is 34.8 Å². The van der Waals surface area contributed by atoms with Crippen molar-refractivity contribution in [3.05, 3.63) is 32.8 Å². The Balaban J connectivity index is 1.67. The lowest BCUT2D eigenvalue weighted by atomic mass is 9.48. The Kier molecular flexibility index (Phi) is 3.21. The number of halogens is 3. The molecule has 4 rings (SSSR count). The molecule has 1 aromatic carbocycles. The minimum Gasteiger partial charge on any atom is -0.462 e. The minimum absolute atomic E-state index is 0.199. The minimum atomic E-state index is -0.448. The highest BCUT2D eigenvalue weighted by molar-refractivity contribution is 6.45. The maximum absolute atomic E-state index is 11.9. The number of rotatable bonds is 3. The number of hydrogen-bond donors (Lipinski definition) is 0. The van der Waals surface area contributed by atoms with E-state index in [9.17, 15) is 4.79 Å². The van der Waals surface area contributed by atoms with Crippen molar-refractivity contribution in [1.82, 2.24) is 0 Å². The summed E-state index contributed by atoms with van der Waals surface area (Å²) >= 11 is 17.7. The van der Waals surface area contributed by atoms with Gasteiger partial charge in [0.05, 0.1) is 22.2 Å². The molecule has 0 unspecified atom stereocenters. The first-order valence-corrected chi connectivity index (χ1v) is 7.01. The Morgan fingerprint density at radius 1 is 1.22 bits per heavy atom. The van der Waals surface area contributed by atoms with E-state index in [0.717, 1.165) is 11.8 Å². The number of ether oxygens (including phenoxy) is 1. The van der Waals surface area contributed by atoms with Crippen molar-refractivity contribution in [1.29, 1.82) is 0 Å². The molecule has 0 aromatic heterocycles. The van der Waals surface area contributed by atoms with Gasteiger partial charge in [0, 0.05) is 5.02 Å². The fraction of sp³-hybridized carbons (Fsp3) is 0.462. The van der Waals surface area contributed by atoms with Gasteiger partial charge in [-0.05, 0) is 42.7 Å². The van der Waals surface area contributed by atoms with Crippen LogP contribution in [0.4, 0.5) is 0 Å². The van der Waals surface area contributed by atoms with E-state index in [4.69, 9.17) is 39.5 Å². The standard InChI is InChI=1S/C13H11Cl3O2/c14-8-3-9(12(16)11(15)4-8)13(17)18-5-10-6-1-7(10)2-6/h3-4,6-7,10H,1-2,5H2. The number of benzene rings is 1. The van der Waals surface area contributed by atoms with E-state index in [2.05, 4.69) is 0 Å². The molecule has 0 radical (unpaired) electrons. The first-order valence-electron chi connectivity index (χ1n) is 5.88. The summed E-state index contributed by atoms with van der Waals surface area (Å²) in [6, 6.07) is 2.99. The second-order valence-corrected chi connectivity index (χ2v) is 6.22. The quantitative estimate of drug-likeness (QED) is 0.609. The van der Waals surface area contributed by atoms with E-state index in [1.807, 2.05) is 0 Å². The van der Waals surface area contributed by atoms with Gasteiger partial charge in [0.15, 0.2) is 0 Å². The first kappa shape index (κ1) is 12.6.